The molecular formula is C11H14N2O2. The Balaban J connectivity index is 2.14. The molecule has 2 rings (SSSR count). The third kappa shape index (κ3) is 2.15. The first-order valence-electron chi connectivity index (χ1n) is 5.16. The molecule has 0 saturated carbocycles. The Bertz CT molecular complexity index is 361. The summed E-state index contributed by atoms with van der Waals surface area (Å²) in [6, 6.07) is 5.49. The van der Waals surface area contributed by atoms with Crippen LogP contribution in [0.3, 0.4) is 0 Å². The van der Waals surface area contributed by atoms with Crippen molar-refractivity contribution in [2.45, 2.75) is 12.8 Å². The lowest BCUT2D eigenvalue weighted by Gasteiger charge is -2.26. The fourth-order valence-corrected chi connectivity index (χ4v) is 1.50. The molecule has 0 bridgehead atoms. The van der Waals surface area contributed by atoms with Crippen molar-refractivity contribution in [2.24, 2.45) is 0 Å². The van der Waals surface area contributed by atoms with Gasteiger partial charge in [0.05, 0.1) is 6.61 Å². The molecule has 0 spiro atoms. The maximum absolute atomic E-state index is 11.4. The van der Waals surface area contributed by atoms with E-state index in [0.29, 0.717) is 18.2 Å². The van der Waals surface area contributed by atoms with Crippen molar-refractivity contribution < 1.29 is 9.53 Å². The Morgan fingerprint density at radius 3 is 3.00 bits per heavy atom. The molecule has 1 aromatic rings. The van der Waals surface area contributed by atoms with Crippen LogP contribution in [-0.2, 0) is 4.74 Å². The number of carbonyl (C=O) groups excluding carboxylic acids is 1. The molecule has 2 heterocycles. The van der Waals surface area contributed by atoms with Gasteiger partial charge in [-0.3, -0.25) is 0 Å². The summed E-state index contributed by atoms with van der Waals surface area (Å²) in [6.07, 6.45) is 0. The predicted octanol–water partition coefficient (Wildman–Crippen LogP) is 0.945. The minimum Gasteiger partial charge on any atom is -0.461 e. The van der Waals surface area contributed by atoms with Gasteiger partial charge in [0.1, 0.15) is 5.69 Å². The summed E-state index contributed by atoms with van der Waals surface area (Å²) in [4.78, 5) is 15.7. The van der Waals surface area contributed by atoms with Crippen LogP contribution in [-0.4, -0.2) is 30.6 Å². The highest BCUT2D eigenvalue weighted by molar-refractivity contribution is 5.87. The van der Waals surface area contributed by atoms with Gasteiger partial charge in [-0.2, -0.15) is 0 Å². The van der Waals surface area contributed by atoms with Gasteiger partial charge in [-0.1, -0.05) is 6.07 Å². The Hall–Kier alpha value is -1.42. The van der Waals surface area contributed by atoms with E-state index in [9.17, 15) is 4.79 Å². The normalized spacial score (nSPS) is 15.8. The summed E-state index contributed by atoms with van der Waals surface area (Å²) in [5, 5.41) is 3.18. The van der Waals surface area contributed by atoms with Crippen molar-refractivity contribution >= 4 is 5.97 Å². The summed E-state index contributed by atoms with van der Waals surface area (Å²) in [6.45, 7) is 4.06. The number of rotatable bonds is 3. The fraction of sp³-hybridized carbons (Fsp3) is 0.455. The number of aromatic nitrogens is 1. The zero-order valence-corrected chi connectivity index (χ0v) is 8.69. The number of hydrogen-bond acceptors (Lipinski definition) is 4. The third-order valence-corrected chi connectivity index (χ3v) is 2.45. The Morgan fingerprint density at radius 2 is 2.40 bits per heavy atom. The molecule has 0 amide bonds. The first kappa shape index (κ1) is 10.1. The molecule has 1 aliphatic heterocycles. The second-order valence-electron chi connectivity index (χ2n) is 3.52. The Morgan fingerprint density at radius 1 is 1.60 bits per heavy atom. The van der Waals surface area contributed by atoms with E-state index in [2.05, 4.69) is 10.3 Å². The number of carbonyl (C=O) groups is 1. The quantitative estimate of drug-likeness (QED) is 0.748. The highest BCUT2D eigenvalue weighted by Gasteiger charge is 2.21. The van der Waals surface area contributed by atoms with Crippen LogP contribution in [0.1, 0.15) is 29.0 Å². The van der Waals surface area contributed by atoms with Crippen LogP contribution in [0.2, 0.25) is 0 Å². The summed E-state index contributed by atoms with van der Waals surface area (Å²) in [5.74, 6) is 0.103. The number of nitrogens with one attached hydrogen (secondary N) is 1. The molecule has 1 aliphatic rings. The van der Waals surface area contributed by atoms with E-state index in [-0.39, 0.29) is 5.97 Å². The van der Waals surface area contributed by atoms with Crippen LogP contribution < -0.4 is 5.32 Å². The third-order valence-electron chi connectivity index (χ3n) is 2.45. The molecule has 1 saturated heterocycles. The van der Waals surface area contributed by atoms with E-state index in [0.717, 1.165) is 18.8 Å². The number of nitrogens with zero attached hydrogens (tertiary/aromatic N) is 1. The smallest absolute Gasteiger partial charge is 0.356 e. The second kappa shape index (κ2) is 4.40. The van der Waals surface area contributed by atoms with Crippen LogP contribution in [0.25, 0.3) is 0 Å². The first-order chi connectivity index (χ1) is 7.31. The van der Waals surface area contributed by atoms with Gasteiger partial charge in [-0.25, -0.2) is 9.78 Å². The molecule has 15 heavy (non-hydrogen) atoms. The van der Waals surface area contributed by atoms with Gasteiger partial charge < -0.3 is 10.1 Å². The largest absolute Gasteiger partial charge is 0.461 e. The molecule has 0 radical (unpaired) electrons. The van der Waals surface area contributed by atoms with Gasteiger partial charge in [-0.15, -0.1) is 0 Å². The molecule has 1 N–H and O–H groups in total. The van der Waals surface area contributed by atoms with Gasteiger partial charge in [-0.05, 0) is 19.1 Å². The van der Waals surface area contributed by atoms with Gasteiger partial charge in [0, 0.05) is 24.7 Å². The molecule has 0 atom stereocenters. The van der Waals surface area contributed by atoms with Crippen LogP contribution in [0.4, 0.5) is 0 Å². The summed E-state index contributed by atoms with van der Waals surface area (Å²) in [7, 11) is 0. The Labute approximate surface area is 88.7 Å². The highest BCUT2D eigenvalue weighted by Crippen LogP contribution is 2.17. The second-order valence-corrected chi connectivity index (χ2v) is 3.52. The summed E-state index contributed by atoms with van der Waals surface area (Å²) >= 11 is 0. The Kier molecular flexibility index (Phi) is 2.97. The van der Waals surface area contributed by atoms with Crippen molar-refractivity contribution in [3.05, 3.63) is 29.6 Å². The summed E-state index contributed by atoms with van der Waals surface area (Å²) < 4.78 is 4.90. The van der Waals surface area contributed by atoms with Crippen LogP contribution in [0.5, 0.6) is 0 Å². The lowest BCUT2D eigenvalue weighted by atomic mass is 9.98. The molecule has 0 unspecified atom stereocenters. The van der Waals surface area contributed by atoms with Gasteiger partial charge in [0.15, 0.2) is 0 Å². The number of hydrogen-bond donors (Lipinski definition) is 1. The number of esters is 1. The molecule has 4 heteroatoms. The average Bonchev–Trinajstić information content (AvgIpc) is 2.16. The minimum absolute atomic E-state index is 0.341. The molecule has 80 valence electrons. The number of pyridine rings is 1. The lowest BCUT2D eigenvalue weighted by Crippen LogP contribution is -2.40. The van der Waals surface area contributed by atoms with E-state index in [1.165, 1.54) is 0 Å². The lowest BCUT2D eigenvalue weighted by molar-refractivity contribution is 0.0519. The maximum atomic E-state index is 11.4. The van der Waals surface area contributed by atoms with E-state index in [4.69, 9.17) is 4.74 Å². The SMILES string of the molecule is CCOC(=O)c1cccc(C2CNC2)n1. The van der Waals surface area contributed by atoms with E-state index < -0.39 is 0 Å². The first-order valence-corrected chi connectivity index (χ1v) is 5.16. The summed E-state index contributed by atoms with van der Waals surface area (Å²) in [5.41, 5.74) is 1.38. The average molecular weight is 206 g/mol. The van der Waals surface area contributed by atoms with Crippen LogP contribution in [0, 0.1) is 0 Å². The molecule has 0 aromatic carbocycles. The van der Waals surface area contributed by atoms with Gasteiger partial charge in [0.25, 0.3) is 0 Å². The molecule has 1 fully saturated rings. The van der Waals surface area contributed by atoms with E-state index in [1.54, 1.807) is 13.0 Å². The van der Waals surface area contributed by atoms with Gasteiger partial charge in [0.2, 0.25) is 0 Å². The molecule has 4 nitrogen and oxygen atoms in total. The molecular weight excluding hydrogens is 192 g/mol. The fourth-order valence-electron chi connectivity index (χ4n) is 1.50. The zero-order chi connectivity index (χ0) is 10.7. The van der Waals surface area contributed by atoms with Crippen molar-refractivity contribution in [3.8, 4) is 0 Å². The number of ether oxygens (including phenoxy) is 1. The van der Waals surface area contributed by atoms with Crippen LogP contribution >= 0.6 is 0 Å². The maximum Gasteiger partial charge on any atom is 0.356 e. The van der Waals surface area contributed by atoms with Gasteiger partial charge >= 0.3 is 5.97 Å². The zero-order valence-electron chi connectivity index (χ0n) is 8.69. The van der Waals surface area contributed by atoms with Crippen molar-refractivity contribution in [2.75, 3.05) is 19.7 Å². The molecule has 0 aliphatic carbocycles. The van der Waals surface area contributed by atoms with E-state index in [1.807, 2.05) is 12.1 Å². The highest BCUT2D eigenvalue weighted by atomic mass is 16.5. The van der Waals surface area contributed by atoms with Crippen LogP contribution in [0.15, 0.2) is 18.2 Å². The monoisotopic (exact) mass is 206 g/mol. The minimum atomic E-state index is -0.341. The van der Waals surface area contributed by atoms with Crippen molar-refractivity contribution in [3.63, 3.8) is 0 Å². The standard InChI is InChI=1S/C11H14N2O2/c1-2-15-11(14)10-5-3-4-9(13-10)8-6-12-7-8/h3-5,8,12H,2,6-7H2,1H3. The topological polar surface area (TPSA) is 51.2 Å². The van der Waals surface area contributed by atoms with Crippen molar-refractivity contribution in [1.82, 2.24) is 10.3 Å². The predicted molar refractivity (Wildman–Crippen MR) is 55.8 cm³/mol. The van der Waals surface area contributed by atoms with Crippen molar-refractivity contribution in [1.29, 1.82) is 0 Å². The van der Waals surface area contributed by atoms with E-state index >= 15 is 0 Å². The molecule has 1 aromatic heterocycles.